The number of benzene rings is 1. The lowest BCUT2D eigenvalue weighted by atomic mass is 10.1. The molecule has 20 heavy (non-hydrogen) atoms. The van der Waals surface area contributed by atoms with Crippen LogP contribution in [0.15, 0.2) is 48.8 Å². The highest BCUT2D eigenvalue weighted by atomic mass is 16.1. The lowest BCUT2D eigenvalue weighted by Gasteiger charge is -2.04. The Morgan fingerprint density at radius 1 is 1.30 bits per heavy atom. The van der Waals surface area contributed by atoms with Crippen LogP contribution in [0.5, 0.6) is 0 Å². The Labute approximate surface area is 116 Å². The summed E-state index contributed by atoms with van der Waals surface area (Å²) in [6, 6.07) is 11.7. The normalized spacial score (nSPS) is 10.7. The fourth-order valence-corrected chi connectivity index (χ4v) is 2.24. The van der Waals surface area contributed by atoms with E-state index in [-0.39, 0.29) is 5.91 Å². The van der Waals surface area contributed by atoms with Crippen LogP contribution in [0.3, 0.4) is 0 Å². The quantitative estimate of drug-likeness (QED) is 0.764. The van der Waals surface area contributed by atoms with Crippen molar-refractivity contribution in [2.24, 2.45) is 0 Å². The minimum atomic E-state index is -0.0622. The van der Waals surface area contributed by atoms with E-state index in [1.54, 1.807) is 6.20 Å². The first-order chi connectivity index (χ1) is 9.72. The Hall–Kier alpha value is -2.62. The van der Waals surface area contributed by atoms with Crippen molar-refractivity contribution in [3.63, 3.8) is 0 Å². The molecule has 0 saturated heterocycles. The fourth-order valence-electron chi connectivity index (χ4n) is 2.24. The number of aromatic amines is 1. The predicted molar refractivity (Wildman–Crippen MR) is 79.6 cm³/mol. The zero-order valence-corrected chi connectivity index (χ0v) is 11.2. The Kier molecular flexibility index (Phi) is 3.21. The lowest BCUT2D eigenvalue weighted by molar-refractivity contribution is -0.115. The van der Waals surface area contributed by atoms with Gasteiger partial charge in [-0.1, -0.05) is 18.2 Å². The number of anilines is 1. The number of amides is 1. The first-order valence-electron chi connectivity index (χ1n) is 6.50. The molecule has 0 fully saturated rings. The van der Waals surface area contributed by atoms with Crippen LogP contribution in [0.25, 0.3) is 10.9 Å². The van der Waals surface area contributed by atoms with Gasteiger partial charge in [-0.2, -0.15) is 0 Å². The molecule has 1 amide bonds. The van der Waals surface area contributed by atoms with Crippen molar-refractivity contribution >= 4 is 22.6 Å². The van der Waals surface area contributed by atoms with E-state index in [1.807, 2.05) is 49.5 Å². The van der Waals surface area contributed by atoms with Gasteiger partial charge in [0.1, 0.15) is 5.82 Å². The zero-order chi connectivity index (χ0) is 13.9. The number of carbonyl (C=O) groups excluding carboxylic acids is 1. The molecule has 0 spiro atoms. The number of para-hydroxylation sites is 1. The summed E-state index contributed by atoms with van der Waals surface area (Å²) in [7, 11) is 0. The van der Waals surface area contributed by atoms with Crippen LogP contribution in [0.2, 0.25) is 0 Å². The number of aromatic nitrogens is 2. The average Bonchev–Trinajstić information content (AvgIpc) is 2.82. The van der Waals surface area contributed by atoms with Crippen molar-refractivity contribution in [3.8, 4) is 0 Å². The van der Waals surface area contributed by atoms with E-state index in [4.69, 9.17) is 0 Å². The molecule has 4 heteroatoms. The molecule has 0 unspecified atom stereocenters. The minimum Gasteiger partial charge on any atom is -0.361 e. The summed E-state index contributed by atoms with van der Waals surface area (Å²) in [4.78, 5) is 19.4. The summed E-state index contributed by atoms with van der Waals surface area (Å²) >= 11 is 0. The van der Waals surface area contributed by atoms with Gasteiger partial charge in [0.05, 0.1) is 6.42 Å². The van der Waals surface area contributed by atoms with E-state index in [9.17, 15) is 4.79 Å². The number of rotatable bonds is 3. The number of pyridine rings is 1. The second kappa shape index (κ2) is 5.17. The lowest BCUT2D eigenvalue weighted by Crippen LogP contribution is -2.15. The van der Waals surface area contributed by atoms with E-state index in [2.05, 4.69) is 15.3 Å². The molecule has 1 aromatic carbocycles. The topological polar surface area (TPSA) is 57.8 Å². The number of nitrogens with one attached hydrogen (secondary N) is 2. The van der Waals surface area contributed by atoms with Crippen molar-refractivity contribution in [3.05, 3.63) is 59.9 Å². The number of nitrogens with zero attached hydrogens (tertiary/aromatic N) is 1. The van der Waals surface area contributed by atoms with E-state index >= 15 is 0 Å². The molecule has 2 aromatic heterocycles. The molecule has 4 nitrogen and oxygen atoms in total. The highest BCUT2D eigenvalue weighted by Crippen LogP contribution is 2.18. The Balaban J connectivity index is 1.76. The van der Waals surface area contributed by atoms with Gasteiger partial charge in [-0.3, -0.25) is 4.79 Å². The zero-order valence-electron chi connectivity index (χ0n) is 11.2. The van der Waals surface area contributed by atoms with Gasteiger partial charge < -0.3 is 10.3 Å². The molecule has 3 rings (SSSR count). The molecule has 0 radical (unpaired) electrons. The first-order valence-corrected chi connectivity index (χ1v) is 6.50. The van der Waals surface area contributed by atoms with E-state index < -0.39 is 0 Å². The van der Waals surface area contributed by atoms with Gasteiger partial charge in [-0.15, -0.1) is 0 Å². The molecule has 0 aliphatic rings. The molecule has 0 aliphatic carbocycles. The number of H-pyrrole nitrogens is 1. The maximum atomic E-state index is 12.1. The maximum Gasteiger partial charge on any atom is 0.230 e. The SMILES string of the molecule is Cc1ccnc(NC(=O)Cc2c[nH]c3ccccc23)c1. The highest BCUT2D eigenvalue weighted by molar-refractivity contribution is 5.95. The van der Waals surface area contributed by atoms with Crippen molar-refractivity contribution < 1.29 is 4.79 Å². The van der Waals surface area contributed by atoms with Gasteiger partial charge in [0, 0.05) is 23.3 Å². The maximum absolute atomic E-state index is 12.1. The van der Waals surface area contributed by atoms with Crippen LogP contribution in [0, 0.1) is 6.92 Å². The second-order valence-corrected chi connectivity index (χ2v) is 4.80. The Morgan fingerprint density at radius 3 is 3.00 bits per heavy atom. The van der Waals surface area contributed by atoms with Gasteiger partial charge in [0.2, 0.25) is 5.91 Å². The smallest absolute Gasteiger partial charge is 0.230 e. The molecule has 0 saturated carbocycles. The minimum absolute atomic E-state index is 0.0622. The van der Waals surface area contributed by atoms with Gasteiger partial charge >= 0.3 is 0 Å². The number of aryl methyl sites for hydroxylation is 1. The molecule has 0 bridgehead atoms. The fraction of sp³-hybridized carbons (Fsp3) is 0.125. The van der Waals surface area contributed by atoms with Crippen molar-refractivity contribution in [1.82, 2.24) is 9.97 Å². The highest BCUT2D eigenvalue weighted by Gasteiger charge is 2.09. The number of hydrogen-bond donors (Lipinski definition) is 2. The Bertz CT molecular complexity index is 761. The molecule has 0 atom stereocenters. The molecule has 100 valence electrons. The van der Waals surface area contributed by atoms with Crippen LogP contribution in [0.4, 0.5) is 5.82 Å². The van der Waals surface area contributed by atoms with Crippen LogP contribution < -0.4 is 5.32 Å². The molecule has 2 heterocycles. The second-order valence-electron chi connectivity index (χ2n) is 4.80. The van der Waals surface area contributed by atoms with Crippen LogP contribution in [-0.4, -0.2) is 15.9 Å². The largest absolute Gasteiger partial charge is 0.361 e. The van der Waals surface area contributed by atoms with Gasteiger partial charge in [0.25, 0.3) is 0 Å². The van der Waals surface area contributed by atoms with Crippen LogP contribution in [-0.2, 0) is 11.2 Å². The Morgan fingerprint density at radius 2 is 2.15 bits per heavy atom. The molecule has 0 aliphatic heterocycles. The monoisotopic (exact) mass is 265 g/mol. The molecular weight excluding hydrogens is 250 g/mol. The van der Waals surface area contributed by atoms with Crippen LogP contribution >= 0.6 is 0 Å². The van der Waals surface area contributed by atoms with Gasteiger partial charge in [-0.25, -0.2) is 4.98 Å². The van der Waals surface area contributed by atoms with Gasteiger partial charge in [-0.05, 0) is 36.2 Å². The number of fused-ring (bicyclic) bond motifs is 1. The third-order valence-electron chi connectivity index (χ3n) is 3.21. The molecular formula is C16H15N3O. The van der Waals surface area contributed by atoms with Crippen molar-refractivity contribution in [2.45, 2.75) is 13.3 Å². The molecule has 3 aromatic rings. The summed E-state index contributed by atoms with van der Waals surface area (Å²) in [5.41, 5.74) is 3.11. The summed E-state index contributed by atoms with van der Waals surface area (Å²) < 4.78 is 0. The van der Waals surface area contributed by atoms with Gasteiger partial charge in [0.15, 0.2) is 0 Å². The third kappa shape index (κ3) is 2.54. The third-order valence-corrected chi connectivity index (χ3v) is 3.21. The van der Waals surface area contributed by atoms with Crippen molar-refractivity contribution in [2.75, 3.05) is 5.32 Å². The number of hydrogen-bond acceptors (Lipinski definition) is 2. The molecule has 2 N–H and O–H groups in total. The summed E-state index contributed by atoms with van der Waals surface area (Å²) in [5, 5.41) is 3.90. The van der Waals surface area contributed by atoms with E-state index in [0.29, 0.717) is 12.2 Å². The standard InChI is InChI=1S/C16H15N3O/c1-11-6-7-17-15(8-11)19-16(20)9-12-10-18-14-5-3-2-4-13(12)14/h2-8,10,18H,9H2,1H3,(H,17,19,20). The predicted octanol–water partition coefficient (Wildman–Crippen LogP) is 3.05. The average molecular weight is 265 g/mol. The first kappa shape index (κ1) is 12.4. The van der Waals surface area contributed by atoms with Crippen LogP contribution in [0.1, 0.15) is 11.1 Å². The van der Waals surface area contributed by atoms with Crippen molar-refractivity contribution in [1.29, 1.82) is 0 Å². The summed E-state index contributed by atoms with van der Waals surface area (Å²) in [6.45, 7) is 1.97. The summed E-state index contributed by atoms with van der Waals surface area (Å²) in [6.07, 6.45) is 3.91. The van der Waals surface area contributed by atoms with E-state index in [1.165, 1.54) is 0 Å². The number of carbonyl (C=O) groups is 1. The van der Waals surface area contributed by atoms with E-state index in [0.717, 1.165) is 22.0 Å². The summed E-state index contributed by atoms with van der Waals surface area (Å²) in [5.74, 6) is 0.530.